The fourth-order valence-electron chi connectivity index (χ4n) is 4.34. The van der Waals surface area contributed by atoms with Crippen LogP contribution in [0.2, 0.25) is 0 Å². The highest BCUT2D eigenvalue weighted by Crippen LogP contribution is 2.22. The van der Waals surface area contributed by atoms with Crippen molar-refractivity contribution in [3.05, 3.63) is 30.5 Å². The summed E-state index contributed by atoms with van der Waals surface area (Å²) in [6.07, 6.45) is 5.67. The molecule has 2 aromatic heterocycles. The second-order valence-corrected chi connectivity index (χ2v) is 9.10. The molecule has 1 saturated heterocycles. The molecule has 5 rings (SSSR count). The van der Waals surface area contributed by atoms with Crippen LogP contribution in [0.15, 0.2) is 30.5 Å². The number of carboxylic acid groups (broad SMARTS) is 1. The number of aromatic nitrogens is 5. The fraction of sp³-hybridized carbons (Fsp3) is 0.542. The molecule has 12 heteroatoms. The van der Waals surface area contributed by atoms with E-state index in [9.17, 15) is 4.79 Å². The first kappa shape index (κ1) is 25.6. The minimum absolute atomic E-state index is 0.470. The number of nitrogens with one attached hydrogen (secondary N) is 2. The number of hydrogen-bond donors (Lipinski definition) is 3. The highest BCUT2D eigenvalue weighted by Gasteiger charge is 2.17. The highest BCUT2D eigenvalue weighted by molar-refractivity contribution is 5.72. The molecule has 3 aromatic rings. The van der Waals surface area contributed by atoms with Crippen LogP contribution in [0.3, 0.4) is 0 Å². The Morgan fingerprint density at radius 3 is 2.53 bits per heavy atom. The van der Waals surface area contributed by atoms with Crippen LogP contribution < -0.4 is 15.4 Å². The maximum Gasteiger partial charge on any atom is 0.404 e. The van der Waals surface area contributed by atoms with Gasteiger partial charge in [-0.3, -0.25) is 4.90 Å². The minimum atomic E-state index is -0.936. The molecule has 0 bridgehead atoms. The molecule has 1 amide bonds. The summed E-state index contributed by atoms with van der Waals surface area (Å²) in [6, 6.07) is 8.11. The number of methoxy groups -OCH3 is 1. The van der Waals surface area contributed by atoms with Crippen LogP contribution in [-0.2, 0) is 0 Å². The Labute approximate surface area is 210 Å². The van der Waals surface area contributed by atoms with E-state index in [1.165, 1.54) is 25.7 Å². The predicted octanol–water partition coefficient (Wildman–Crippen LogP) is 2.08. The van der Waals surface area contributed by atoms with Crippen molar-refractivity contribution in [2.45, 2.75) is 31.7 Å². The van der Waals surface area contributed by atoms with Crippen LogP contribution in [0.4, 0.5) is 10.7 Å². The third kappa shape index (κ3) is 7.01. The summed E-state index contributed by atoms with van der Waals surface area (Å²) < 4.78 is 6.91. The molecule has 0 radical (unpaired) electrons. The number of rotatable bonds is 7. The van der Waals surface area contributed by atoms with Crippen molar-refractivity contribution in [3.8, 4) is 11.4 Å². The monoisotopic (exact) mass is 497 g/mol. The number of fused-ring (bicyclic) bond motifs is 1. The third-order valence-corrected chi connectivity index (χ3v) is 6.50. The van der Waals surface area contributed by atoms with Gasteiger partial charge in [-0.15, -0.1) is 5.10 Å². The first-order valence-corrected chi connectivity index (χ1v) is 12.4. The number of carbonyl (C=O) groups is 1. The number of likely N-dealkylation sites (N-methyl/N-ethyl adjacent to an activating group) is 1. The van der Waals surface area contributed by atoms with E-state index in [4.69, 9.17) is 9.84 Å². The summed E-state index contributed by atoms with van der Waals surface area (Å²) in [6.45, 7) is 5.58. The Kier molecular flexibility index (Phi) is 8.85. The lowest BCUT2D eigenvalue weighted by molar-refractivity contribution is 0.152. The standard InChI is InChI=1S/C16H18N6O.C8H17N3O2/c1-23-13-8-6-12(7-9-13)22-15-14(20-21-22)10-17-16(19-15)18-11-4-2-3-5-11;1-10-4-6-11(7-5-10)3-2-9-8(12)13/h6-11H,2-5H2,1H3,(H,17,18,19);9H,2-7H2,1H3,(H,12,13). The van der Waals surface area contributed by atoms with E-state index in [1.54, 1.807) is 18.0 Å². The van der Waals surface area contributed by atoms with E-state index in [-0.39, 0.29) is 0 Å². The van der Waals surface area contributed by atoms with Gasteiger partial charge in [0.05, 0.1) is 19.0 Å². The maximum atomic E-state index is 10.2. The van der Waals surface area contributed by atoms with E-state index in [2.05, 4.69) is 47.8 Å². The minimum Gasteiger partial charge on any atom is -0.497 e. The second-order valence-electron chi connectivity index (χ2n) is 9.10. The summed E-state index contributed by atoms with van der Waals surface area (Å²) in [4.78, 5) is 23.7. The van der Waals surface area contributed by atoms with E-state index in [1.807, 2.05) is 24.3 Å². The largest absolute Gasteiger partial charge is 0.497 e. The lowest BCUT2D eigenvalue weighted by Gasteiger charge is -2.32. The molecule has 1 aliphatic carbocycles. The molecular weight excluding hydrogens is 462 g/mol. The molecule has 3 heterocycles. The Morgan fingerprint density at radius 1 is 1.14 bits per heavy atom. The van der Waals surface area contributed by atoms with Crippen LogP contribution in [0.5, 0.6) is 5.75 Å². The summed E-state index contributed by atoms with van der Waals surface area (Å²) in [7, 11) is 3.75. The van der Waals surface area contributed by atoms with Crippen molar-refractivity contribution in [1.29, 1.82) is 0 Å². The quantitative estimate of drug-likeness (QED) is 0.445. The van der Waals surface area contributed by atoms with Gasteiger partial charge in [-0.2, -0.15) is 9.67 Å². The first-order chi connectivity index (χ1) is 17.5. The summed E-state index contributed by atoms with van der Waals surface area (Å²) in [5, 5.41) is 22.5. The summed E-state index contributed by atoms with van der Waals surface area (Å²) in [5.74, 6) is 1.44. The molecule has 3 N–H and O–H groups in total. The SMILES string of the molecule is CN1CCN(CCNC(=O)O)CC1.COc1ccc(-n2nnc3cnc(NC4CCCC4)nc32)cc1. The van der Waals surface area contributed by atoms with Gasteiger partial charge in [0.2, 0.25) is 5.95 Å². The molecule has 194 valence electrons. The van der Waals surface area contributed by atoms with Crippen molar-refractivity contribution in [2.75, 3.05) is 58.7 Å². The topological polar surface area (TPSA) is 134 Å². The van der Waals surface area contributed by atoms with Gasteiger partial charge in [-0.05, 0) is 44.2 Å². The van der Waals surface area contributed by atoms with E-state index >= 15 is 0 Å². The number of anilines is 1. The smallest absolute Gasteiger partial charge is 0.404 e. The van der Waals surface area contributed by atoms with Gasteiger partial charge in [-0.25, -0.2) is 9.78 Å². The molecule has 2 aliphatic rings. The van der Waals surface area contributed by atoms with Gasteiger partial charge in [0.15, 0.2) is 11.2 Å². The number of ether oxygens (including phenoxy) is 1. The van der Waals surface area contributed by atoms with Crippen LogP contribution in [0.1, 0.15) is 25.7 Å². The molecule has 0 spiro atoms. The fourth-order valence-corrected chi connectivity index (χ4v) is 4.34. The molecule has 0 atom stereocenters. The molecule has 12 nitrogen and oxygen atoms in total. The molecular formula is C24H35N9O3. The van der Waals surface area contributed by atoms with Crippen LogP contribution in [-0.4, -0.2) is 105 Å². The number of amides is 1. The Morgan fingerprint density at radius 2 is 1.86 bits per heavy atom. The van der Waals surface area contributed by atoms with Crippen molar-refractivity contribution < 1.29 is 14.6 Å². The Hall–Kier alpha value is -3.51. The van der Waals surface area contributed by atoms with Crippen LogP contribution >= 0.6 is 0 Å². The van der Waals surface area contributed by atoms with E-state index in [0.29, 0.717) is 29.7 Å². The zero-order chi connectivity index (χ0) is 25.3. The van der Waals surface area contributed by atoms with E-state index in [0.717, 1.165) is 44.2 Å². The number of piperazine rings is 1. The molecule has 1 aromatic carbocycles. The average Bonchev–Trinajstić information content (AvgIpc) is 3.55. The molecule has 1 saturated carbocycles. The zero-order valence-electron chi connectivity index (χ0n) is 20.9. The van der Waals surface area contributed by atoms with Crippen molar-refractivity contribution in [2.24, 2.45) is 0 Å². The lowest BCUT2D eigenvalue weighted by atomic mass is 10.2. The maximum absolute atomic E-state index is 10.2. The number of benzene rings is 1. The zero-order valence-corrected chi connectivity index (χ0v) is 20.9. The highest BCUT2D eigenvalue weighted by atomic mass is 16.5. The molecule has 36 heavy (non-hydrogen) atoms. The number of nitrogens with zero attached hydrogens (tertiary/aromatic N) is 7. The van der Waals surface area contributed by atoms with Gasteiger partial charge in [0.1, 0.15) is 5.75 Å². The predicted molar refractivity (Wildman–Crippen MR) is 137 cm³/mol. The molecule has 1 aliphatic heterocycles. The molecule has 0 unspecified atom stereocenters. The number of hydrogen-bond acceptors (Lipinski definition) is 9. The first-order valence-electron chi connectivity index (χ1n) is 12.4. The van der Waals surface area contributed by atoms with Gasteiger partial charge < -0.3 is 25.4 Å². The third-order valence-electron chi connectivity index (χ3n) is 6.50. The lowest BCUT2D eigenvalue weighted by Crippen LogP contribution is -2.46. The van der Waals surface area contributed by atoms with E-state index < -0.39 is 6.09 Å². The Bertz CT molecular complexity index is 1110. The van der Waals surface area contributed by atoms with Crippen molar-refractivity contribution >= 4 is 23.2 Å². The van der Waals surface area contributed by atoms with Gasteiger partial charge in [0.25, 0.3) is 0 Å². The van der Waals surface area contributed by atoms with Gasteiger partial charge in [0, 0.05) is 45.3 Å². The summed E-state index contributed by atoms with van der Waals surface area (Å²) >= 11 is 0. The van der Waals surface area contributed by atoms with Crippen molar-refractivity contribution in [1.82, 2.24) is 40.1 Å². The summed E-state index contributed by atoms with van der Waals surface area (Å²) in [5.41, 5.74) is 2.27. The van der Waals surface area contributed by atoms with Crippen molar-refractivity contribution in [3.63, 3.8) is 0 Å². The second kappa shape index (κ2) is 12.5. The normalized spacial score (nSPS) is 16.9. The average molecular weight is 498 g/mol. The Balaban J connectivity index is 0.000000200. The molecule has 2 fully saturated rings. The van der Waals surface area contributed by atoms with Gasteiger partial charge >= 0.3 is 6.09 Å². The van der Waals surface area contributed by atoms with Gasteiger partial charge in [-0.1, -0.05) is 18.1 Å². The van der Waals surface area contributed by atoms with Crippen LogP contribution in [0.25, 0.3) is 16.9 Å². The van der Waals surface area contributed by atoms with Crippen LogP contribution in [0, 0.1) is 0 Å².